The Morgan fingerprint density at radius 1 is 1.17 bits per heavy atom. The number of benzene rings is 2. The van der Waals surface area contributed by atoms with Crippen molar-refractivity contribution >= 4 is 5.97 Å². The second-order valence-corrected chi connectivity index (χ2v) is 6.39. The Morgan fingerprint density at radius 3 is 2.62 bits per heavy atom. The topological polar surface area (TPSA) is 83.2 Å². The van der Waals surface area contributed by atoms with Gasteiger partial charge in [0.25, 0.3) is 0 Å². The summed E-state index contributed by atoms with van der Waals surface area (Å²) in [6, 6.07) is 13.8. The summed E-state index contributed by atoms with van der Waals surface area (Å²) in [5.74, 6) is -2.05. The molecule has 3 rings (SSSR count). The third kappa shape index (κ3) is 4.74. The Bertz CT molecular complexity index is 1100. The molecule has 0 fully saturated rings. The van der Waals surface area contributed by atoms with Crippen molar-refractivity contribution < 1.29 is 23.4 Å². The van der Waals surface area contributed by atoms with Crippen molar-refractivity contribution in [2.75, 3.05) is 0 Å². The lowest BCUT2D eigenvalue weighted by Crippen LogP contribution is -2.05. The van der Waals surface area contributed by atoms with E-state index in [9.17, 15) is 13.6 Å². The highest BCUT2D eigenvalue weighted by atomic mass is 19.1. The first-order valence-corrected chi connectivity index (χ1v) is 8.67. The van der Waals surface area contributed by atoms with Crippen LogP contribution in [0.25, 0.3) is 11.3 Å². The van der Waals surface area contributed by atoms with Crippen molar-refractivity contribution in [3.8, 4) is 23.2 Å². The van der Waals surface area contributed by atoms with E-state index in [2.05, 4.69) is 4.98 Å². The van der Waals surface area contributed by atoms with Crippen LogP contribution in [0.15, 0.2) is 48.5 Å². The quantitative estimate of drug-likeness (QED) is 0.669. The van der Waals surface area contributed by atoms with E-state index < -0.39 is 24.0 Å². The number of carboxylic acids is 1. The highest BCUT2D eigenvalue weighted by Crippen LogP contribution is 2.26. The summed E-state index contributed by atoms with van der Waals surface area (Å²) in [6.45, 7) is 1.55. The minimum Gasteiger partial charge on any atom is -0.481 e. The Morgan fingerprint density at radius 2 is 1.97 bits per heavy atom. The number of ether oxygens (including phenoxy) is 1. The molecule has 5 nitrogen and oxygen atoms in total. The normalized spacial score (nSPS) is 10.4. The first kappa shape index (κ1) is 20.0. The Kier molecular flexibility index (Phi) is 5.84. The number of nitriles is 1. The van der Waals surface area contributed by atoms with Gasteiger partial charge in [-0.15, -0.1) is 0 Å². The lowest BCUT2D eigenvalue weighted by molar-refractivity contribution is -0.136. The molecule has 146 valence electrons. The minimum absolute atomic E-state index is 0.0844. The van der Waals surface area contributed by atoms with Gasteiger partial charge in [0.05, 0.1) is 23.7 Å². The Hall–Kier alpha value is -3.79. The molecule has 2 aromatic carbocycles. The molecule has 1 N–H and O–H groups in total. The van der Waals surface area contributed by atoms with Crippen LogP contribution >= 0.6 is 0 Å². The fraction of sp³-hybridized carbons (Fsp3) is 0.136. The molecule has 0 aliphatic rings. The zero-order valence-corrected chi connectivity index (χ0v) is 15.4. The van der Waals surface area contributed by atoms with E-state index in [0.29, 0.717) is 16.8 Å². The number of aryl methyl sites for hydroxylation is 1. The molecular formula is C22H16F2N2O3. The number of carbonyl (C=O) groups is 1. The van der Waals surface area contributed by atoms with Crippen molar-refractivity contribution in [3.05, 3.63) is 82.4 Å². The number of hydrogen-bond acceptors (Lipinski definition) is 4. The van der Waals surface area contributed by atoms with Gasteiger partial charge in [0.1, 0.15) is 18.2 Å². The zero-order chi connectivity index (χ0) is 21.0. The zero-order valence-electron chi connectivity index (χ0n) is 15.4. The first-order chi connectivity index (χ1) is 13.9. The highest BCUT2D eigenvalue weighted by Gasteiger charge is 2.14. The monoisotopic (exact) mass is 394 g/mol. The summed E-state index contributed by atoms with van der Waals surface area (Å²) in [5, 5.41) is 17.7. The summed E-state index contributed by atoms with van der Waals surface area (Å²) in [7, 11) is 0. The van der Waals surface area contributed by atoms with E-state index in [1.54, 1.807) is 31.2 Å². The highest BCUT2D eigenvalue weighted by molar-refractivity contribution is 5.72. The van der Waals surface area contributed by atoms with E-state index in [4.69, 9.17) is 15.1 Å². The molecule has 0 aliphatic heterocycles. The standard InChI is InChI=1S/C22H16F2N2O3/c1-13-7-16(9-19(24)17(13)10-22(27)28)20-3-2-4-21(26-20)29-12-15-6-5-14(11-25)8-18(15)23/h2-9H,10,12H2,1H3,(H,27,28). The van der Waals surface area contributed by atoms with Gasteiger partial charge in [0.15, 0.2) is 0 Å². The number of rotatable bonds is 6. The van der Waals surface area contributed by atoms with Crippen LogP contribution in [0, 0.1) is 29.9 Å². The molecular weight excluding hydrogens is 378 g/mol. The lowest BCUT2D eigenvalue weighted by Gasteiger charge is -2.11. The predicted octanol–water partition coefficient (Wildman–Crippen LogP) is 4.41. The fourth-order valence-corrected chi connectivity index (χ4v) is 2.84. The van der Waals surface area contributed by atoms with Crippen molar-refractivity contribution in [1.29, 1.82) is 5.26 Å². The molecule has 29 heavy (non-hydrogen) atoms. The van der Waals surface area contributed by atoms with Gasteiger partial charge < -0.3 is 9.84 Å². The smallest absolute Gasteiger partial charge is 0.307 e. The molecule has 0 spiro atoms. The average Bonchev–Trinajstić information content (AvgIpc) is 2.69. The van der Waals surface area contributed by atoms with Crippen molar-refractivity contribution in [1.82, 2.24) is 4.98 Å². The maximum absolute atomic E-state index is 14.3. The van der Waals surface area contributed by atoms with Gasteiger partial charge in [-0.25, -0.2) is 13.8 Å². The SMILES string of the molecule is Cc1cc(-c2cccc(OCc3ccc(C#N)cc3F)n2)cc(F)c1CC(=O)O. The van der Waals surface area contributed by atoms with Crippen LogP contribution in [0.3, 0.4) is 0 Å². The second kappa shape index (κ2) is 8.48. The molecule has 0 atom stereocenters. The van der Waals surface area contributed by atoms with Gasteiger partial charge >= 0.3 is 5.97 Å². The molecule has 0 bridgehead atoms. The number of aromatic nitrogens is 1. The largest absolute Gasteiger partial charge is 0.481 e. The van der Waals surface area contributed by atoms with Gasteiger partial charge in [-0.2, -0.15) is 5.26 Å². The number of nitrogens with zero attached hydrogens (tertiary/aromatic N) is 2. The number of pyridine rings is 1. The van der Waals surface area contributed by atoms with Crippen LogP contribution in [0.5, 0.6) is 5.88 Å². The molecule has 1 aromatic heterocycles. The number of halogens is 2. The molecule has 7 heteroatoms. The van der Waals surface area contributed by atoms with E-state index >= 15 is 0 Å². The Balaban J connectivity index is 1.81. The van der Waals surface area contributed by atoms with E-state index in [1.165, 1.54) is 18.2 Å². The summed E-state index contributed by atoms with van der Waals surface area (Å²) in [5.41, 5.74) is 2.04. The van der Waals surface area contributed by atoms with Crippen LogP contribution in [0.2, 0.25) is 0 Å². The van der Waals surface area contributed by atoms with Gasteiger partial charge in [-0.05, 0) is 42.8 Å². The van der Waals surface area contributed by atoms with E-state index in [1.807, 2.05) is 6.07 Å². The number of aliphatic carboxylic acids is 1. The van der Waals surface area contributed by atoms with Gasteiger partial charge in [0, 0.05) is 22.8 Å². The fourth-order valence-electron chi connectivity index (χ4n) is 2.84. The lowest BCUT2D eigenvalue weighted by atomic mass is 10.00. The summed E-state index contributed by atoms with van der Waals surface area (Å²) in [6.07, 6.45) is -0.398. The molecule has 0 aliphatic carbocycles. The van der Waals surface area contributed by atoms with Gasteiger partial charge in [0.2, 0.25) is 5.88 Å². The molecule has 0 saturated carbocycles. The maximum Gasteiger partial charge on any atom is 0.307 e. The van der Waals surface area contributed by atoms with E-state index in [0.717, 1.165) is 6.07 Å². The molecule has 0 radical (unpaired) electrons. The number of carboxylic acid groups (broad SMARTS) is 1. The predicted molar refractivity (Wildman–Crippen MR) is 101 cm³/mol. The third-order valence-electron chi connectivity index (χ3n) is 4.32. The summed E-state index contributed by atoms with van der Waals surface area (Å²) < 4.78 is 33.9. The van der Waals surface area contributed by atoms with Gasteiger partial charge in [-0.3, -0.25) is 4.79 Å². The summed E-state index contributed by atoms with van der Waals surface area (Å²) >= 11 is 0. The van der Waals surface area contributed by atoms with Crippen LogP contribution in [0.1, 0.15) is 22.3 Å². The maximum atomic E-state index is 14.3. The molecule has 1 heterocycles. The van der Waals surface area contributed by atoms with Crippen LogP contribution < -0.4 is 4.74 Å². The van der Waals surface area contributed by atoms with E-state index in [-0.39, 0.29) is 29.2 Å². The average molecular weight is 394 g/mol. The second-order valence-electron chi connectivity index (χ2n) is 6.39. The van der Waals surface area contributed by atoms with Crippen LogP contribution in [-0.2, 0) is 17.8 Å². The Labute approximate surface area is 165 Å². The third-order valence-corrected chi connectivity index (χ3v) is 4.32. The van der Waals surface area contributed by atoms with Crippen molar-refractivity contribution in [2.45, 2.75) is 20.0 Å². The van der Waals surface area contributed by atoms with Crippen LogP contribution in [-0.4, -0.2) is 16.1 Å². The molecule has 0 unspecified atom stereocenters. The number of hydrogen-bond donors (Lipinski definition) is 1. The van der Waals surface area contributed by atoms with Crippen molar-refractivity contribution in [2.24, 2.45) is 0 Å². The first-order valence-electron chi connectivity index (χ1n) is 8.67. The van der Waals surface area contributed by atoms with Crippen LogP contribution in [0.4, 0.5) is 8.78 Å². The molecule has 0 amide bonds. The summed E-state index contributed by atoms with van der Waals surface area (Å²) in [4.78, 5) is 15.2. The minimum atomic E-state index is -1.11. The van der Waals surface area contributed by atoms with Crippen molar-refractivity contribution in [3.63, 3.8) is 0 Å². The van der Waals surface area contributed by atoms with Gasteiger partial charge in [-0.1, -0.05) is 12.1 Å². The molecule has 0 saturated heterocycles. The molecule has 3 aromatic rings.